The van der Waals surface area contributed by atoms with Gasteiger partial charge in [0, 0.05) is 0 Å². The fourth-order valence-corrected chi connectivity index (χ4v) is 1.02. The predicted molar refractivity (Wildman–Crippen MR) is 53.9 cm³/mol. The van der Waals surface area contributed by atoms with Crippen molar-refractivity contribution in [1.29, 1.82) is 0 Å². The number of halogens is 2. The maximum absolute atomic E-state index is 12.6. The van der Waals surface area contributed by atoms with Crippen molar-refractivity contribution in [2.24, 2.45) is 0 Å². The van der Waals surface area contributed by atoms with E-state index in [2.05, 4.69) is 5.10 Å². The van der Waals surface area contributed by atoms with Gasteiger partial charge in [0.1, 0.15) is 13.2 Å². The standard InChI is InChI=1S/C8H10F2N4O4/c9-8(10,5-15)4-11-7(16)3-13-2-1-6(12-13)14(17)18/h1-2,15H,3-5H2,(H,11,16). The van der Waals surface area contributed by atoms with Crippen LogP contribution in [0.4, 0.5) is 14.6 Å². The number of nitrogens with zero attached hydrogens (tertiary/aromatic N) is 3. The summed E-state index contributed by atoms with van der Waals surface area (Å²) in [7, 11) is 0. The van der Waals surface area contributed by atoms with Crippen LogP contribution in [-0.2, 0) is 11.3 Å². The molecule has 0 aromatic carbocycles. The minimum Gasteiger partial charge on any atom is -0.390 e. The highest BCUT2D eigenvalue weighted by Gasteiger charge is 2.28. The molecule has 0 fully saturated rings. The molecule has 0 unspecified atom stereocenters. The van der Waals surface area contributed by atoms with E-state index in [1.165, 1.54) is 6.20 Å². The summed E-state index contributed by atoms with van der Waals surface area (Å²) >= 11 is 0. The zero-order chi connectivity index (χ0) is 13.8. The van der Waals surface area contributed by atoms with Gasteiger partial charge in [-0.3, -0.25) is 4.79 Å². The molecule has 0 aliphatic carbocycles. The minimum atomic E-state index is -3.40. The molecule has 0 aliphatic rings. The molecule has 0 bridgehead atoms. The number of carbonyl (C=O) groups is 1. The Morgan fingerprint density at radius 3 is 2.83 bits per heavy atom. The van der Waals surface area contributed by atoms with Crippen LogP contribution in [-0.4, -0.2) is 44.8 Å². The summed E-state index contributed by atoms with van der Waals surface area (Å²) < 4.78 is 26.1. The molecule has 0 aliphatic heterocycles. The third kappa shape index (κ3) is 4.05. The first-order valence-electron chi connectivity index (χ1n) is 4.77. The van der Waals surface area contributed by atoms with Crippen molar-refractivity contribution in [3.05, 3.63) is 22.4 Å². The monoisotopic (exact) mass is 264 g/mol. The van der Waals surface area contributed by atoms with Crippen molar-refractivity contribution in [3.8, 4) is 0 Å². The van der Waals surface area contributed by atoms with Crippen LogP contribution in [0.15, 0.2) is 12.3 Å². The van der Waals surface area contributed by atoms with Crippen LogP contribution in [0.5, 0.6) is 0 Å². The van der Waals surface area contributed by atoms with Gasteiger partial charge in [0.25, 0.3) is 5.92 Å². The molecule has 0 radical (unpaired) electrons. The van der Waals surface area contributed by atoms with Crippen LogP contribution < -0.4 is 5.32 Å². The average Bonchev–Trinajstić information content (AvgIpc) is 2.75. The maximum atomic E-state index is 12.6. The van der Waals surface area contributed by atoms with Crippen molar-refractivity contribution in [2.45, 2.75) is 12.5 Å². The van der Waals surface area contributed by atoms with E-state index in [1.54, 1.807) is 0 Å². The van der Waals surface area contributed by atoms with Gasteiger partial charge in [-0.2, -0.15) is 4.68 Å². The molecule has 0 spiro atoms. The molecule has 1 aromatic rings. The number of aliphatic hydroxyl groups excluding tert-OH is 1. The average molecular weight is 264 g/mol. The lowest BCUT2D eigenvalue weighted by atomic mass is 10.3. The van der Waals surface area contributed by atoms with Gasteiger partial charge in [0.05, 0.1) is 23.9 Å². The molecule has 1 rings (SSSR count). The largest absolute Gasteiger partial charge is 0.390 e. The zero-order valence-corrected chi connectivity index (χ0v) is 9.05. The Balaban J connectivity index is 2.47. The van der Waals surface area contributed by atoms with Crippen LogP contribution in [0, 0.1) is 10.1 Å². The highest BCUT2D eigenvalue weighted by molar-refractivity contribution is 5.75. The number of carbonyl (C=O) groups excluding carboxylic acids is 1. The molecule has 8 nitrogen and oxygen atoms in total. The number of nitrogens with one attached hydrogen (secondary N) is 1. The van der Waals surface area contributed by atoms with E-state index in [9.17, 15) is 23.7 Å². The van der Waals surface area contributed by atoms with Crippen LogP contribution >= 0.6 is 0 Å². The quantitative estimate of drug-likeness (QED) is 0.533. The van der Waals surface area contributed by atoms with E-state index in [4.69, 9.17) is 5.11 Å². The molecular formula is C8H10F2N4O4. The fourth-order valence-electron chi connectivity index (χ4n) is 1.02. The second-order valence-corrected chi connectivity index (χ2v) is 3.42. The lowest BCUT2D eigenvalue weighted by Gasteiger charge is -2.13. The first-order chi connectivity index (χ1) is 8.34. The number of alkyl halides is 2. The number of aromatic nitrogens is 2. The number of hydrogen-bond acceptors (Lipinski definition) is 5. The summed E-state index contributed by atoms with van der Waals surface area (Å²) in [6.07, 6.45) is 1.18. The topological polar surface area (TPSA) is 110 Å². The van der Waals surface area contributed by atoms with Crippen molar-refractivity contribution in [3.63, 3.8) is 0 Å². The molecule has 0 atom stereocenters. The summed E-state index contributed by atoms with van der Waals surface area (Å²) in [5.41, 5.74) is 0. The fraction of sp³-hybridized carbons (Fsp3) is 0.500. The number of nitro groups is 1. The molecule has 10 heteroatoms. The molecule has 1 aromatic heterocycles. The number of amides is 1. The van der Waals surface area contributed by atoms with E-state index in [0.717, 1.165) is 10.7 Å². The van der Waals surface area contributed by atoms with Crippen molar-refractivity contribution >= 4 is 11.7 Å². The van der Waals surface area contributed by atoms with Gasteiger partial charge in [-0.15, -0.1) is 0 Å². The first-order valence-corrected chi connectivity index (χ1v) is 4.77. The van der Waals surface area contributed by atoms with Gasteiger partial charge in [-0.25, -0.2) is 8.78 Å². The lowest BCUT2D eigenvalue weighted by molar-refractivity contribution is -0.389. The Morgan fingerprint density at radius 2 is 2.33 bits per heavy atom. The lowest BCUT2D eigenvalue weighted by Crippen LogP contribution is -2.40. The molecule has 0 saturated heterocycles. The van der Waals surface area contributed by atoms with Crippen molar-refractivity contribution in [1.82, 2.24) is 15.1 Å². The zero-order valence-electron chi connectivity index (χ0n) is 9.05. The van der Waals surface area contributed by atoms with E-state index in [0.29, 0.717) is 0 Å². The molecule has 1 heterocycles. The normalized spacial score (nSPS) is 11.3. The van der Waals surface area contributed by atoms with E-state index in [1.807, 2.05) is 5.32 Å². The van der Waals surface area contributed by atoms with Crippen LogP contribution in [0.1, 0.15) is 0 Å². The molecule has 100 valence electrons. The second kappa shape index (κ2) is 5.49. The summed E-state index contributed by atoms with van der Waals surface area (Å²) in [6.45, 7) is -2.80. The Morgan fingerprint density at radius 1 is 1.67 bits per heavy atom. The Hall–Kier alpha value is -2.10. The Kier molecular flexibility index (Phi) is 4.26. The van der Waals surface area contributed by atoms with Gasteiger partial charge >= 0.3 is 5.82 Å². The Bertz CT molecular complexity index is 448. The van der Waals surface area contributed by atoms with Gasteiger partial charge in [-0.05, 0) is 4.92 Å². The van der Waals surface area contributed by atoms with E-state index < -0.39 is 42.3 Å². The van der Waals surface area contributed by atoms with Crippen LogP contribution in [0.2, 0.25) is 0 Å². The summed E-state index contributed by atoms with van der Waals surface area (Å²) in [5.74, 6) is -4.63. The van der Waals surface area contributed by atoms with E-state index >= 15 is 0 Å². The second-order valence-electron chi connectivity index (χ2n) is 3.42. The third-order valence-electron chi connectivity index (χ3n) is 1.89. The molecule has 18 heavy (non-hydrogen) atoms. The Labute approximate surface area is 99.4 Å². The van der Waals surface area contributed by atoms with Crippen molar-refractivity contribution < 1.29 is 23.6 Å². The summed E-state index contributed by atoms with van der Waals surface area (Å²) in [6, 6.07) is 1.08. The highest BCUT2D eigenvalue weighted by atomic mass is 19.3. The van der Waals surface area contributed by atoms with Gasteiger partial charge in [0.2, 0.25) is 5.91 Å². The smallest absolute Gasteiger partial charge is 0.389 e. The van der Waals surface area contributed by atoms with E-state index in [-0.39, 0.29) is 0 Å². The minimum absolute atomic E-state index is 0.421. The number of rotatable bonds is 6. The van der Waals surface area contributed by atoms with Gasteiger partial charge in [-0.1, -0.05) is 0 Å². The van der Waals surface area contributed by atoms with Gasteiger partial charge in [0.15, 0.2) is 0 Å². The van der Waals surface area contributed by atoms with Gasteiger partial charge < -0.3 is 20.5 Å². The highest BCUT2D eigenvalue weighted by Crippen LogP contribution is 2.09. The number of hydrogen-bond donors (Lipinski definition) is 2. The van der Waals surface area contributed by atoms with Crippen LogP contribution in [0.3, 0.4) is 0 Å². The van der Waals surface area contributed by atoms with Crippen molar-refractivity contribution in [2.75, 3.05) is 13.2 Å². The summed E-state index contributed by atoms with van der Waals surface area (Å²) in [4.78, 5) is 20.8. The predicted octanol–water partition coefficient (Wildman–Crippen LogP) is -0.465. The van der Waals surface area contributed by atoms with Crippen LogP contribution in [0.25, 0.3) is 0 Å². The molecule has 0 saturated carbocycles. The number of aliphatic hydroxyl groups is 1. The third-order valence-corrected chi connectivity index (χ3v) is 1.89. The SMILES string of the molecule is O=C(Cn1ccc([N+](=O)[O-])n1)NCC(F)(F)CO. The molecule has 1 amide bonds. The molecular weight excluding hydrogens is 254 g/mol. The maximum Gasteiger partial charge on any atom is 0.389 e. The first kappa shape index (κ1) is 14.0. The molecule has 2 N–H and O–H groups in total. The summed E-state index contributed by atoms with van der Waals surface area (Å²) in [5, 5.41) is 23.9.